The number of nitrogens with one attached hydrogen (secondary N) is 1. The van der Waals surface area contributed by atoms with Gasteiger partial charge in [-0.25, -0.2) is 9.78 Å². The Morgan fingerprint density at radius 2 is 1.86 bits per heavy atom. The molecular weight excluding hydrogens is 505 g/mol. The Hall–Kier alpha value is -3.85. The van der Waals surface area contributed by atoms with E-state index in [-0.39, 0.29) is 17.8 Å². The number of ether oxygens (including phenoxy) is 1. The number of pyridine rings is 1. The van der Waals surface area contributed by atoms with Gasteiger partial charge in [-0.15, -0.1) is 0 Å². The fourth-order valence-electron chi connectivity index (χ4n) is 4.90. The van der Waals surface area contributed by atoms with Gasteiger partial charge < -0.3 is 4.74 Å². The van der Waals surface area contributed by atoms with Crippen molar-refractivity contribution in [3.05, 3.63) is 117 Å². The molecule has 0 radical (unpaired) electrons. The second-order valence-corrected chi connectivity index (χ2v) is 9.86. The second-order valence-electron chi connectivity index (χ2n) is 9.04. The number of benzene rings is 3. The third-order valence-corrected chi connectivity index (χ3v) is 7.28. The lowest BCUT2D eigenvalue weighted by Gasteiger charge is -2.29. The van der Waals surface area contributed by atoms with E-state index in [1.54, 1.807) is 12.3 Å². The summed E-state index contributed by atoms with van der Waals surface area (Å²) in [7, 11) is 0. The first-order valence-corrected chi connectivity index (χ1v) is 12.7. The molecule has 0 bridgehead atoms. The highest BCUT2D eigenvalue weighted by Gasteiger charge is 2.30. The first-order chi connectivity index (χ1) is 17.9. The second kappa shape index (κ2) is 10.6. The highest BCUT2D eigenvalue weighted by molar-refractivity contribution is 6.42. The number of anilines is 1. The van der Waals surface area contributed by atoms with E-state index in [9.17, 15) is 10.1 Å². The average molecular weight is 528 g/mol. The summed E-state index contributed by atoms with van der Waals surface area (Å²) in [6, 6.07) is 25.7. The van der Waals surface area contributed by atoms with Crippen LogP contribution in [0.3, 0.4) is 0 Å². The van der Waals surface area contributed by atoms with E-state index >= 15 is 0 Å². The zero-order valence-corrected chi connectivity index (χ0v) is 21.6. The molecule has 3 aromatic carbocycles. The topological polar surface area (TPSA) is 75.0 Å². The van der Waals surface area contributed by atoms with Crippen molar-refractivity contribution in [2.75, 3.05) is 5.32 Å². The number of nitriles is 1. The number of nitrogens with zero attached hydrogens (tertiary/aromatic N) is 2. The van der Waals surface area contributed by atoms with Crippen molar-refractivity contribution in [3.8, 4) is 17.2 Å². The van der Waals surface area contributed by atoms with Crippen molar-refractivity contribution < 1.29 is 9.53 Å². The molecule has 0 saturated carbocycles. The van der Waals surface area contributed by atoms with Crippen LogP contribution in [0.1, 0.15) is 40.7 Å². The van der Waals surface area contributed by atoms with Gasteiger partial charge >= 0.3 is 6.09 Å². The molecular formula is C30H23Cl2N3O2. The summed E-state index contributed by atoms with van der Waals surface area (Å²) in [4.78, 5) is 17.1. The number of rotatable bonds is 5. The normalized spacial score (nSPS) is 14.6. The van der Waals surface area contributed by atoms with Gasteiger partial charge in [0.15, 0.2) is 5.82 Å². The largest absolute Gasteiger partial charge is 0.446 e. The summed E-state index contributed by atoms with van der Waals surface area (Å²) in [5.74, 6) is 0.204. The van der Waals surface area contributed by atoms with Crippen LogP contribution < -0.4 is 5.32 Å². The number of hydrogen-bond acceptors (Lipinski definition) is 4. The molecule has 0 aliphatic heterocycles. The summed E-state index contributed by atoms with van der Waals surface area (Å²) >= 11 is 12.5. The van der Waals surface area contributed by atoms with Crippen LogP contribution in [-0.2, 0) is 17.6 Å². The molecule has 1 aliphatic carbocycles. The molecule has 1 heterocycles. The molecule has 0 saturated heterocycles. The van der Waals surface area contributed by atoms with Crippen LogP contribution in [0.25, 0.3) is 11.1 Å². The lowest BCUT2D eigenvalue weighted by molar-refractivity contribution is 0.120. The SMILES string of the molecule is CC(Cc1ccccc1)OC(=O)Nc1ncc2c(c1C#N)-c1ccccc1C(c1ccc(Cl)c(Cl)c1)C2. The van der Waals surface area contributed by atoms with Crippen LogP contribution >= 0.6 is 23.2 Å². The van der Waals surface area contributed by atoms with E-state index < -0.39 is 6.09 Å². The fourth-order valence-corrected chi connectivity index (χ4v) is 5.20. The van der Waals surface area contributed by atoms with Gasteiger partial charge in [-0.2, -0.15) is 5.26 Å². The Balaban J connectivity index is 1.43. The van der Waals surface area contributed by atoms with Crippen molar-refractivity contribution in [1.29, 1.82) is 5.26 Å². The molecule has 1 amide bonds. The Morgan fingerprint density at radius 1 is 1.11 bits per heavy atom. The summed E-state index contributed by atoms with van der Waals surface area (Å²) < 4.78 is 5.54. The monoisotopic (exact) mass is 527 g/mol. The summed E-state index contributed by atoms with van der Waals surface area (Å²) in [5, 5.41) is 13.8. The summed E-state index contributed by atoms with van der Waals surface area (Å²) in [6.45, 7) is 1.83. The van der Waals surface area contributed by atoms with Crippen molar-refractivity contribution in [1.82, 2.24) is 4.98 Å². The minimum atomic E-state index is -0.648. The quantitative estimate of drug-likeness (QED) is 0.287. The molecule has 5 rings (SSSR count). The van der Waals surface area contributed by atoms with Crippen molar-refractivity contribution >= 4 is 35.1 Å². The molecule has 2 atom stereocenters. The Kier molecular flexibility index (Phi) is 7.14. The molecule has 1 aromatic heterocycles. The number of amides is 1. The van der Waals surface area contributed by atoms with Gasteiger partial charge in [0.1, 0.15) is 17.7 Å². The van der Waals surface area contributed by atoms with Crippen LogP contribution in [0, 0.1) is 11.3 Å². The Labute approximate surface area is 225 Å². The van der Waals surface area contributed by atoms with Gasteiger partial charge in [0.2, 0.25) is 0 Å². The first-order valence-electron chi connectivity index (χ1n) is 11.9. The van der Waals surface area contributed by atoms with Crippen LogP contribution in [0.4, 0.5) is 10.6 Å². The van der Waals surface area contributed by atoms with Crippen LogP contribution in [-0.4, -0.2) is 17.2 Å². The van der Waals surface area contributed by atoms with E-state index in [0.717, 1.165) is 33.4 Å². The Morgan fingerprint density at radius 3 is 2.62 bits per heavy atom. The third-order valence-electron chi connectivity index (χ3n) is 6.54. The van der Waals surface area contributed by atoms with E-state index in [4.69, 9.17) is 27.9 Å². The number of hydrogen-bond donors (Lipinski definition) is 1. The average Bonchev–Trinajstić information content (AvgIpc) is 2.90. The maximum absolute atomic E-state index is 12.7. The smallest absolute Gasteiger partial charge is 0.413 e. The molecule has 7 heteroatoms. The highest BCUT2D eigenvalue weighted by Crippen LogP contribution is 2.45. The molecule has 37 heavy (non-hydrogen) atoms. The standard InChI is InChI=1S/C30H23Cl2N3O2/c1-18(13-19-7-3-2-4-8-19)37-30(36)35-29-25(16-33)28-21(17-34-29)14-24(22-9-5-6-10-23(22)28)20-11-12-26(31)27(32)15-20/h2-12,15,17-18,24H,13-14H2,1H3,(H,34,35,36). The lowest BCUT2D eigenvalue weighted by atomic mass is 9.75. The zero-order valence-electron chi connectivity index (χ0n) is 20.0. The zero-order chi connectivity index (χ0) is 25.9. The molecule has 4 aromatic rings. The molecule has 1 N–H and O–H groups in total. The molecule has 2 unspecified atom stereocenters. The molecule has 1 aliphatic rings. The number of aromatic nitrogens is 1. The number of halogens is 2. The van der Waals surface area contributed by atoms with E-state index in [1.165, 1.54) is 0 Å². The van der Waals surface area contributed by atoms with Crippen molar-refractivity contribution in [2.45, 2.75) is 31.8 Å². The van der Waals surface area contributed by atoms with Crippen LogP contribution in [0.15, 0.2) is 79.0 Å². The third kappa shape index (κ3) is 5.17. The van der Waals surface area contributed by atoms with Gasteiger partial charge in [-0.1, -0.05) is 83.9 Å². The number of carbonyl (C=O) groups is 1. The summed E-state index contributed by atoms with van der Waals surface area (Å²) in [5.41, 5.74) is 6.10. The van der Waals surface area contributed by atoms with Gasteiger partial charge in [0.05, 0.1) is 10.0 Å². The molecule has 0 spiro atoms. The van der Waals surface area contributed by atoms with Crippen molar-refractivity contribution in [2.24, 2.45) is 0 Å². The minimum Gasteiger partial charge on any atom is -0.446 e. The minimum absolute atomic E-state index is 0.0226. The predicted molar refractivity (Wildman–Crippen MR) is 146 cm³/mol. The van der Waals surface area contributed by atoms with E-state index in [0.29, 0.717) is 28.5 Å². The molecule has 5 nitrogen and oxygen atoms in total. The van der Waals surface area contributed by atoms with Gasteiger partial charge in [0, 0.05) is 24.1 Å². The molecule has 184 valence electrons. The maximum atomic E-state index is 12.7. The Bertz CT molecular complexity index is 1520. The predicted octanol–water partition coefficient (Wildman–Crippen LogP) is 7.79. The maximum Gasteiger partial charge on any atom is 0.413 e. The van der Waals surface area contributed by atoms with E-state index in [2.05, 4.69) is 22.4 Å². The van der Waals surface area contributed by atoms with Gasteiger partial charge in [-0.3, -0.25) is 5.32 Å². The van der Waals surface area contributed by atoms with E-state index in [1.807, 2.05) is 67.6 Å². The lowest BCUT2D eigenvalue weighted by Crippen LogP contribution is -2.23. The van der Waals surface area contributed by atoms with Crippen LogP contribution in [0.2, 0.25) is 10.0 Å². The number of fused-ring (bicyclic) bond motifs is 3. The van der Waals surface area contributed by atoms with Gasteiger partial charge in [0.25, 0.3) is 0 Å². The van der Waals surface area contributed by atoms with Gasteiger partial charge in [-0.05, 0) is 53.3 Å². The highest BCUT2D eigenvalue weighted by atomic mass is 35.5. The number of carbonyl (C=O) groups excluding carboxylic acids is 1. The molecule has 0 fully saturated rings. The first kappa shape index (κ1) is 24.8. The van der Waals surface area contributed by atoms with Crippen LogP contribution in [0.5, 0.6) is 0 Å². The van der Waals surface area contributed by atoms with Crippen molar-refractivity contribution in [3.63, 3.8) is 0 Å². The summed E-state index contributed by atoms with van der Waals surface area (Å²) in [6.07, 6.45) is 1.94. The fraction of sp³-hybridized carbons (Fsp3) is 0.167.